The first kappa shape index (κ1) is 16.0. The topological polar surface area (TPSA) is 21.3 Å². The average Bonchev–Trinajstić information content (AvgIpc) is 2.37. The number of benzene rings is 1. The van der Waals surface area contributed by atoms with E-state index in [0.717, 1.165) is 17.7 Å². The summed E-state index contributed by atoms with van der Waals surface area (Å²) in [6.07, 6.45) is 0. The van der Waals surface area contributed by atoms with E-state index in [-0.39, 0.29) is 5.82 Å². The Morgan fingerprint density at radius 2 is 2.21 bits per heavy atom. The Hall–Kier alpha value is -1.06. The number of hydrogen-bond acceptors (Lipinski definition) is 2. The SMILES string of the molecule is C/C(=C\Cl)COc1c(F)cccc1CNCC(C)C. The lowest BCUT2D eigenvalue weighted by Crippen LogP contribution is -2.19. The molecular formula is C15H21ClFNO. The highest BCUT2D eigenvalue weighted by Gasteiger charge is 2.10. The van der Waals surface area contributed by atoms with E-state index in [1.807, 2.05) is 13.0 Å². The summed E-state index contributed by atoms with van der Waals surface area (Å²) in [5.74, 6) is 0.516. The summed E-state index contributed by atoms with van der Waals surface area (Å²) in [6, 6.07) is 4.96. The third kappa shape index (κ3) is 5.62. The van der Waals surface area contributed by atoms with E-state index in [9.17, 15) is 4.39 Å². The van der Waals surface area contributed by atoms with Crippen molar-refractivity contribution in [2.75, 3.05) is 13.2 Å². The van der Waals surface area contributed by atoms with Crippen molar-refractivity contribution >= 4 is 11.6 Å². The summed E-state index contributed by atoms with van der Waals surface area (Å²) >= 11 is 5.57. The molecule has 1 rings (SSSR count). The molecule has 1 N–H and O–H groups in total. The summed E-state index contributed by atoms with van der Waals surface area (Å²) in [4.78, 5) is 0. The van der Waals surface area contributed by atoms with Gasteiger partial charge in [-0.15, -0.1) is 0 Å². The van der Waals surface area contributed by atoms with Gasteiger partial charge in [-0.2, -0.15) is 0 Å². The van der Waals surface area contributed by atoms with Gasteiger partial charge in [0.2, 0.25) is 0 Å². The lowest BCUT2D eigenvalue weighted by atomic mass is 10.1. The molecule has 0 heterocycles. The average molecular weight is 286 g/mol. The Morgan fingerprint density at radius 1 is 1.47 bits per heavy atom. The summed E-state index contributed by atoms with van der Waals surface area (Å²) in [5, 5.41) is 3.28. The third-order valence-corrected chi connectivity index (χ3v) is 2.92. The van der Waals surface area contributed by atoms with Crippen LogP contribution in [0.5, 0.6) is 5.75 Å². The first-order chi connectivity index (χ1) is 9.04. The minimum absolute atomic E-state index is 0.293. The quantitative estimate of drug-likeness (QED) is 0.815. The number of nitrogens with one attached hydrogen (secondary N) is 1. The second-order valence-corrected chi connectivity index (χ2v) is 5.22. The maximum absolute atomic E-state index is 13.8. The predicted octanol–water partition coefficient (Wildman–Crippen LogP) is 4.09. The molecule has 19 heavy (non-hydrogen) atoms. The normalized spacial score (nSPS) is 12.0. The molecule has 0 aliphatic rings. The van der Waals surface area contributed by atoms with Gasteiger partial charge in [0.05, 0.1) is 0 Å². The van der Waals surface area contributed by atoms with E-state index in [4.69, 9.17) is 16.3 Å². The maximum atomic E-state index is 13.8. The fourth-order valence-corrected chi connectivity index (χ4v) is 1.63. The minimum Gasteiger partial charge on any atom is -0.486 e. The zero-order chi connectivity index (χ0) is 14.3. The van der Waals surface area contributed by atoms with Crippen molar-refractivity contribution in [3.05, 3.63) is 40.7 Å². The highest BCUT2D eigenvalue weighted by atomic mass is 35.5. The minimum atomic E-state index is -0.341. The van der Waals surface area contributed by atoms with E-state index in [1.165, 1.54) is 11.6 Å². The van der Waals surface area contributed by atoms with Gasteiger partial charge in [0.1, 0.15) is 6.61 Å². The van der Waals surface area contributed by atoms with Gasteiger partial charge < -0.3 is 10.1 Å². The van der Waals surface area contributed by atoms with Crippen LogP contribution in [0.4, 0.5) is 4.39 Å². The van der Waals surface area contributed by atoms with Gasteiger partial charge in [-0.1, -0.05) is 37.6 Å². The summed E-state index contributed by atoms with van der Waals surface area (Å²) < 4.78 is 19.3. The number of rotatable bonds is 7. The molecule has 0 atom stereocenters. The standard InChI is InChI=1S/C15H21ClFNO/c1-11(2)8-18-9-13-5-4-6-14(17)15(13)19-10-12(3)7-16/h4-7,11,18H,8-10H2,1-3H3/b12-7+. The van der Waals surface area contributed by atoms with Crippen LogP contribution in [0.25, 0.3) is 0 Å². The molecule has 0 fully saturated rings. The van der Waals surface area contributed by atoms with E-state index >= 15 is 0 Å². The summed E-state index contributed by atoms with van der Waals surface area (Å²) in [6.45, 7) is 7.87. The Labute approximate surface area is 119 Å². The monoisotopic (exact) mass is 285 g/mol. The summed E-state index contributed by atoms with van der Waals surface area (Å²) in [7, 11) is 0. The zero-order valence-corrected chi connectivity index (χ0v) is 12.4. The Bertz CT molecular complexity index is 432. The lowest BCUT2D eigenvalue weighted by molar-refractivity contribution is 0.327. The van der Waals surface area contributed by atoms with Crippen LogP contribution in [0.15, 0.2) is 29.3 Å². The molecule has 0 saturated carbocycles. The fourth-order valence-electron chi connectivity index (χ4n) is 1.57. The van der Waals surface area contributed by atoms with Crippen LogP contribution in [0.3, 0.4) is 0 Å². The molecule has 0 bridgehead atoms. The van der Waals surface area contributed by atoms with E-state index in [1.54, 1.807) is 6.07 Å². The molecule has 4 heteroatoms. The molecule has 0 aliphatic carbocycles. The van der Waals surface area contributed by atoms with Crippen LogP contribution in [-0.4, -0.2) is 13.2 Å². The van der Waals surface area contributed by atoms with Crippen molar-refractivity contribution in [3.63, 3.8) is 0 Å². The second kappa shape index (κ2) is 8.18. The molecule has 106 valence electrons. The number of hydrogen-bond donors (Lipinski definition) is 1. The largest absolute Gasteiger partial charge is 0.486 e. The number of halogens is 2. The van der Waals surface area contributed by atoms with Crippen molar-refractivity contribution in [1.29, 1.82) is 0 Å². The third-order valence-electron chi connectivity index (χ3n) is 2.55. The van der Waals surface area contributed by atoms with E-state index in [2.05, 4.69) is 19.2 Å². The van der Waals surface area contributed by atoms with E-state index in [0.29, 0.717) is 24.8 Å². The van der Waals surface area contributed by atoms with Gasteiger partial charge in [-0.3, -0.25) is 0 Å². The Balaban J connectivity index is 2.71. The van der Waals surface area contributed by atoms with Crippen molar-refractivity contribution in [3.8, 4) is 5.75 Å². The summed E-state index contributed by atoms with van der Waals surface area (Å²) in [5.41, 5.74) is 3.12. The zero-order valence-electron chi connectivity index (χ0n) is 11.7. The molecule has 1 aromatic rings. The van der Waals surface area contributed by atoms with Gasteiger partial charge in [-0.25, -0.2) is 4.39 Å². The van der Waals surface area contributed by atoms with Crippen LogP contribution >= 0.6 is 11.6 Å². The molecule has 2 nitrogen and oxygen atoms in total. The van der Waals surface area contributed by atoms with Crippen LogP contribution in [-0.2, 0) is 6.54 Å². The molecule has 0 aromatic heterocycles. The Morgan fingerprint density at radius 3 is 2.84 bits per heavy atom. The fraction of sp³-hybridized carbons (Fsp3) is 0.467. The molecule has 0 amide bonds. The van der Waals surface area contributed by atoms with Crippen molar-refractivity contribution in [2.45, 2.75) is 27.3 Å². The highest BCUT2D eigenvalue weighted by Crippen LogP contribution is 2.23. The first-order valence-corrected chi connectivity index (χ1v) is 6.85. The van der Waals surface area contributed by atoms with Gasteiger partial charge in [-0.05, 0) is 31.0 Å². The molecule has 0 spiro atoms. The smallest absolute Gasteiger partial charge is 0.165 e. The Kier molecular flexibility index (Phi) is 6.89. The predicted molar refractivity (Wildman–Crippen MR) is 78.0 cm³/mol. The van der Waals surface area contributed by atoms with Crippen LogP contribution < -0.4 is 10.1 Å². The van der Waals surface area contributed by atoms with Gasteiger partial charge in [0.15, 0.2) is 11.6 Å². The van der Waals surface area contributed by atoms with Crippen molar-refractivity contribution < 1.29 is 9.13 Å². The molecule has 0 saturated heterocycles. The first-order valence-electron chi connectivity index (χ1n) is 6.41. The van der Waals surface area contributed by atoms with Crippen LogP contribution in [0.1, 0.15) is 26.3 Å². The van der Waals surface area contributed by atoms with Crippen LogP contribution in [0.2, 0.25) is 0 Å². The van der Waals surface area contributed by atoms with Gasteiger partial charge in [0.25, 0.3) is 0 Å². The molecule has 0 aliphatic heterocycles. The second-order valence-electron chi connectivity index (χ2n) is 5.00. The molecule has 0 radical (unpaired) electrons. The van der Waals surface area contributed by atoms with Gasteiger partial charge in [0, 0.05) is 17.6 Å². The van der Waals surface area contributed by atoms with E-state index < -0.39 is 0 Å². The number of ether oxygens (including phenoxy) is 1. The lowest BCUT2D eigenvalue weighted by Gasteiger charge is -2.14. The number of para-hydroxylation sites is 1. The highest BCUT2D eigenvalue weighted by molar-refractivity contribution is 6.25. The molecular weight excluding hydrogens is 265 g/mol. The molecule has 1 aromatic carbocycles. The van der Waals surface area contributed by atoms with Gasteiger partial charge >= 0.3 is 0 Å². The van der Waals surface area contributed by atoms with Crippen LogP contribution in [0, 0.1) is 11.7 Å². The van der Waals surface area contributed by atoms with Crippen molar-refractivity contribution in [2.24, 2.45) is 5.92 Å². The van der Waals surface area contributed by atoms with Crippen molar-refractivity contribution in [1.82, 2.24) is 5.32 Å². The molecule has 0 unspecified atom stereocenters. The maximum Gasteiger partial charge on any atom is 0.165 e.